The Morgan fingerprint density at radius 1 is 1.41 bits per heavy atom. The number of aromatic nitrogens is 2. The topological polar surface area (TPSA) is 63.1 Å². The van der Waals surface area contributed by atoms with Crippen LogP contribution in [0.15, 0.2) is 6.20 Å². The van der Waals surface area contributed by atoms with Crippen LogP contribution in [-0.2, 0) is 11.2 Å². The lowest BCUT2D eigenvalue weighted by molar-refractivity contribution is -0.136. The summed E-state index contributed by atoms with van der Waals surface area (Å²) < 4.78 is 0. The van der Waals surface area contributed by atoms with Crippen molar-refractivity contribution in [2.75, 3.05) is 0 Å². The average Bonchev–Trinajstić information content (AvgIpc) is 2.32. The summed E-state index contributed by atoms with van der Waals surface area (Å²) in [6.07, 6.45) is 7.84. The third-order valence-electron chi connectivity index (χ3n) is 3.41. The number of aliphatic carboxylic acids is 1. The number of carboxylic acid groups (broad SMARTS) is 1. The van der Waals surface area contributed by atoms with Gasteiger partial charge < -0.3 is 5.11 Å². The highest BCUT2D eigenvalue weighted by Crippen LogP contribution is 2.30. The number of hydrogen-bond acceptors (Lipinski definition) is 3. The first-order valence-electron chi connectivity index (χ1n) is 6.21. The second-order valence-electron chi connectivity index (χ2n) is 4.74. The van der Waals surface area contributed by atoms with Gasteiger partial charge in [-0.3, -0.25) is 4.79 Å². The van der Waals surface area contributed by atoms with E-state index in [2.05, 4.69) is 9.97 Å². The molecule has 0 atom stereocenters. The van der Waals surface area contributed by atoms with E-state index in [0.717, 1.165) is 29.9 Å². The fourth-order valence-electron chi connectivity index (χ4n) is 2.40. The number of carbonyl (C=O) groups is 1. The summed E-state index contributed by atoms with van der Waals surface area (Å²) in [5.74, 6) is 0.541. The Morgan fingerprint density at radius 2 is 2.12 bits per heavy atom. The van der Waals surface area contributed by atoms with Crippen LogP contribution in [0, 0.1) is 6.92 Å². The lowest BCUT2D eigenvalue weighted by atomic mass is 9.88. The summed E-state index contributed by atoms with van der Waals surface area (Å²) in [7, 11) is 0. The molecule has 0 spiro atoms. The van der Waals surface area contributed by atoms with Crippen molar-refractivity contribution in [3.05, 3.63) is 23.3 Å². The molecule has 1 aliphatic carbocycles. The third-order valence-corrected chi connectivity index (χ3v) is 3.41. The highest BCUT2D eigenvalue weighted by atomic mass is 16.4. The van der Waals surface area contributed by atoms with E-state index in [-0.39, 0.29) is 6.42 Å². The molecule has 1 fully saturated rings. The van der Waals surface area contributed by atoms with Crippen molar-refractivity contribution in [2.45, 2.75) is 51.4 Å². The molecule has 0 unspecified atom stereocenters. The minimum absolute atomic E-state index is 0.0107. The summed E-state index contributed by atoms with van der Waals surface area (Å²) in [5, 5.41) is 8.75. The van der Waals surface area contributed by atoms with Crippen molar-refractivity contribution in [1.82, 2.24) is 9.97 Å². The summed E-state index contributed by atoms with van der Waals surface area (Å²) in [4.78, 5) is 19.5. The van der Waals surface area contributed by atoms with Gasteiger partial charge in [-0.1, -0.05) is 19.3 Å². The van der Waals surface area contributed by atoms with E-state index >= 15 is 0 Å². The molecule has 1 N–H and O–H groups in total. The second kappa shape index (κ2) is 5.25. The van der Waals surface area contributed by atoms with Gasteiger partial charge in [0.05, 0.1) is 6.42 Å². The molecule has 1 aromatic rings. The Hall–Kier alpha value is -1.45. The van der Waals surface area contributed by atoms with Gasteiger partial charge >= 0.3 is 5.97 Å². The smallest absolute Gasteiger partial charge is 0.307 e. The Bertz CT molecular complexity index is 412. The Labute approximate surface area is 101 Å². The van der Waals surface area contributed by atoms with Crippen molar-refractivity contribution in [3.63, 3.8) is 0 Å². The molecule has 4 heteroatoms. The first-order valence-corrected chi connectivity index (χ1v) is 6.21. The number of hydrogen-bond donors (Lipinski definition) is 1. The van der Waals surface area contributed by atoms with Gasteiger partial charge in [0.2, 0.25) is 0 Å². The van der Waals surface area contributed by atoms with Crippen LogP contribution in [0.3, 0.4) is 0 Å². The minimum Gasteiger partial charge on any atom is -0.481 e. The minimum atomic E-state index is -0.831. The molecule has 1 saturated carbocycles. The number of aryl methyl sites for hydroxylation is 1. The molecule has 1 aliphatic rings. The monoisotopic (exact) mass is 234 g/mol. The van der Waals surface area contributed by atoms with Crippen molar-refractivity contribution in [3.8, 4) is 0 Å². The lowest BCUT2D eigenvalue weighted by Crippen LogP contribution is -2.11. The maximum Gasteiger partial charge on any atom is 0.307 e. The summed E-state index contributed by atoms with van der Waals surface area (Å²) in [6.45, 7) is 1.87. The van der Waals surface area contributed by atoms with Crippen molar-refractivity contribution in [2.24, 2.45) is 0 Å². The van der Waals surface area contributed by atoms with Crippen LogP contribution in [0.2, 0.25) is 0 Å². The molecule has 0 aliphatic heterocycles. The second-order valence-corrected chi connectivity index (χ2v) is 4.74. The van der Waals surface area contributed by atoms with Gasteiger partial charge in [0.15, 0.2) is 0 Å². The van der Waals surface area contributed by atoms with Crippen LogP contribution in [0.5, 0.6) is 0 Å². The molecule has 0 radical (unpaired) electrons. The zero-order valence-corrected chi connectivity index (χ0v) is 10.1. The number of carboxylic acids is 1. The Balaban J connectivity index is 2.14. The number of nitrogens with zero attached hydrogens (tertiary/aromatic N) is 2. The van der Waals surface area contributed by atoms with E-state index in [1.807, 2.05) is 6.92 Å². The molecular weight excluding hydrogens is 216 g/mol. The van der Waals surface area contributed by atoms with E-state index in [0.29, 0.717) is 5.92 Å². The van der Waals surface area contributed by atoms with Crippen LogP contribution in [-0.4, -0.2) is 21.0 Å². The van der Waals surface area contributed by atoms with Gasteiger partial charge in [-0.05, 0) is 19.8 Å². The molecule has 0 aromatic carbocycles. The summed E-state index contributed by atoms with van der Waals surface area (Å²) >= 11 is 0. The molecule has 2 rings (SSSR count). The lowest BCUT2D eigenvalue weighted by Gasteiger charge is -2.20. The predicted molar refractivity (Wildman–Crippen MR) is 63.9 cm³/mol. The Kier molecular flexibility index (Phi) is 3.71. The zero-order chi connectivity index (χ0) is 12.3. The maximum atomic E-state index is 10.7. The van der Waals surface area contributed by atoms with Crippen molar-refractivity contribution < 1.29 is 9.90 Å². The normalized spacial score (nSPS) is 17.0. The molecule has 0 amide bonds. The highest BCUT2D eigenvalue weighted by Gasteiger charge is 2.19. The molecule has 1 aromatic heterocycles. The highest BCUT2D eigenvalue weighted by molar-refractivity contribution is 5.70. The fourth-order valence-corrected chi connectivity index (χ4v) is 2.40. The van der Waals surface area contributed by atoms with Gasteiger partial charge in [-0.2, -0.15) is 0 Å². The average molecular weight is 234 g/mol. The first kappa shape index (κ1) is 12.0. The fraction of sp³-hybridized carbons (Fsp3) is 0.615. The van der Waals surface area contributed by atoms with Crippen LogP contribution >= 0.6 is 0 Å². The maximum absolute atomic E-state index is 10.7. The van der Waals surface area contributed by atoms with E-state index in [4.69, 9.17) is 5.11 Å². The quantitative estimate of drug-likeness (QED) is 0.872. The van der Waals surface area contributed by atoms with Crippen LogP contribution in [0.25, 0.3) is 0 Å². The molecule has 92 valence electrons. The van der Waals surface area contributed by atoms with E-state index in [1.54, 1.807) is 6.20 Å². The van der Waals surface area contributed by atoms with Gasteiger partial charge in [0.25, 0.3) is 0 Å². The SMILES string of the molecule is Cc1nc(C2CCCCC2)ncc1CC(=O)O. The van der Waals surface area contributed by atoms with E-state index in [1.165, 1.54) is 19.3 Å². The van der Waals surface area contributed by atoms with Gasteiger partial charge in [0, 0.05) is 23.4 Å². The van der Waals surface area contributed by atoms with Gasteiger partial charge in [-0.15, -0.1) is 0 Å². The van der Waals surface area contributed by atoms with Gasteiger partial charge in [0.1, 0.15) is 5.82 Å². The predicted octanol–water partition coefficient (Wildman–Crippen LogP) is 2.46. The zero-order valence-electron chi connectivity index (χ0n) is 10.1. The molecule has 0 bridgehead atoms. The molecule has 1 heterocycles. The Morgan fingerprint density at radius 3 is 2.71 bits per heavy atom. The molecule has 4 nitrogen and oxygen atoms in total. The van der Waals surface area contributed by atoms with Crippen LogP contribution in [0.1, 0.15) is 55.1 Å². The number of rotatable bonds is 3. The molecule has 0 saturated heterocycles. The summed E-state index contributed by atoms with van der Waals surface area (Å²) in [5.41, 5.74) is 1.53. The largest absolute Gasteiger partial charge is 0.481 e. The van der Waals surface area contributed by atoms with E-state index < -0.39 is 5.97 Å². The van der Waals surface area contributed by atoms with Gasteiger partial charge in [-0.25, -0.2) is 9.97 Å². The molecule has 17 heavy (non-hydrogen) atoms. The summed E-state index contributed by atoms with van der Waals surface area (Å²) in [6, 6.07) is 0. The van der Waals surface area contributed by atoms with Crippen LogP contribution in [0.4, 0.5) is 0 Å². The van der Waals surface area contributed by atoms with Crippen LogP contribution < -0.4 is 0 Å². The van der Waals surface area contributed by atoms with Crippen molar-refractivity contribution in [1.29, 1.82) is 0 Å². The van der Waals surface area contributed by atoms with Crippen molar-refractivity contribution >= 4 is 5.97 Å². The van der Waals surface area contributed by atoms with E-state index in [9.17, 15) is 4.79 Å². The third kappa shape index (κ3) is 3.02. The first-order chi connectivity index (χ1) is 8.16. The standard InChI is InChI=1S/C13H18N2O2/c1-9-11(7-12(16)17)8-14-13(15-9)10-5-3-2-4-6-10/h8,10H,2-7H2,1H3,(H,16,17). The molecular formula is C13H18N2O2.